The zero-order valence-corrected chi connectivity index (χ0v) is 18.0. The highest BCUT2D eigenvalue weighted by molar-refractivity contribution is 7.20. The van der Waals surface area contributed by atoms with Gasteiger partial charge in [0.15, 0.2) is 18.2 Å². The topological polar surface area (TPSA) is 72.0 Å². The van der Waals surface area contributed by atoms with Gasteiger partial charge in [0, 0.05) is 37.8 Å². The monoisotopic (exact) mass is 443 g/mol. The lowest BCUT2D eigenvalue weighted by Crippen LogP contribution is -2.44. The summed E-state index contributed by atoms with van der Waals surface area (Å²) in [5.41, 5.74) is 0.749. The molecular formula is C22H22FN3O4S. The van der Waals surface area contributed by atoms with Crippen molar-refractivity contribution < 1.29 is 23.5 Å². The van der Waals surface area contributed by atoms with E-state index in [-0.39, 0.29) is 30.7 Å². The normalized spacial score (nSPS) is 16.4. The van der Waals surface area contributed by atoms with Gasteiger partial charge in [0.25, 0.3) is 11.8 Å². The molecule has 0 aliphatic carbocycles. The molecule has 1 fully saturated rings. The minimum Gasteiger partial charge on any atom is -0.481 e. The van der Waals surface area contributed by atoms with E-state index in [1.54, 1.807) is 37.3 Å². The number of ether oxygens (including phenoxy) is 2. The summed E-state index contributed by atoms with van der Waals surface area (Å²) in [6.07, 6.45) is 1.22. The molecule has 3 heterocycles. The third-order valence-corrected chi connectivity index (χ3v) is 6.15. The van der Waals surface area contributed by atoms with Gasteiger partial charge < -0.3 is 19.3 Å². The van der Waals surface area contributed by atoms with E-state index < -0.39 is 11.9 Å². The highest BCUT2D eigenvalue weighted by Gasteiger charge is 2.32. The Morgan fingerprint density at radius 3 is 2.87 bits per heavy atom. The fraction of sp³-hybridized carbons (Fsp3) is 0.318. The number of nitrogens with zero attached hydrogens (tertiary/aromatic N) is 3. The lowest BCUT2D eigenvalue weighted by atomic mass is 10.0. The van der Waals surface area contributed by atoms with Crippen LogP contribution in [-0.4, -0.2) is 67.0 Å². The molecule has 1 saturated heterocycles. The number of thiophene rings is 1. The Morgan fingerprint density at radius 1 is 1.29 bits per heavy atom. The molecule has 7 nitrogen and oxygen atoms in total. The molecule has 0 radical (unpaired) electrons. The lowest BCUT2D eigenvalue weighted by molar-refractivity contribution is -0.141. The molecule has 1 aliphatic heterocycles. The molecular weight excluding hydrogens is 421 g/mol. The minimum atomic E-state index is -0.515. The second kappa shape index (κ2) is 8.99. The van der Waals surface area contributed by atoms with Crippen molar-refractivity contribution >= 4 is 33.4 Å². The lowest BCUT2D eigenvalue weighted by Gasteiger charge is -2.33. The second-order valence-corrected chi connectivity index (χ2v) is 8.32. The number of amides is 2. The van der Waals surface area contributed by atoms with Gasteiger partial charge in [-0.15, -0.1) is 11.3 Å². The number of para-hydroxylation sites is 1. The summed E-state index contributed by atoms with van der Waals surface area (Å²) in [5, 5.41) is 0.847. The molecule has 162 valence electrons. The maximum Gasteiger partial charge on any atom is 0.263 e. The number of fused-ring (bicyclic) bond motifs is 1. The van der Waals surface area contributed by atoms with Gasteiger partial charge in [0.1, 0.15) is 15.8 Å². The van der Waals surface area contributed by atoms with Crippen LogP contribution in [0.3, 0.4) is 0 Å². The Balaban J connectivity index is 1.55. The molecule has 1 atom stereocenters. The second-order valence-electron chi connectivity index (χ2n) is 7.32. The number of morpholine rings is 1. The smallest absolute Gasteiger partial charge is 0.263 e. The van der Waals surface area contributed by atoms with Crippen LogP contribution in [0, 0.1) is 5.82 Å². The summed E-state index contributed by atoms with van der Waals surface area (Å²) in [5.74, 6) is -0.878. The number of aromatic nitrogens is 1. The molecule has 3 aromatic rings. The third kappa shape index (κ3) is 4.38. The van der Waals surface area contributed by atoms with Crippen molar-refractivity contribution in [2.45, 2.75) is 6.10 Å². The zero-order valence-electron chi connectivity index (χ0n) is 17.2. The molecule has 31 heavy (non-hydrogen) atoms. The van der Waals surface area contributed by atoms with E-state index in [1.807, 2.05) is 12.1 Å². The van der Waals surface area contributed by atoms with Gasteiger partial charge in [-0.1, -0.05) is 18.2 Å². The van der Waals surface area contributed by atoms with E-state index in [0.29, 0.717) is 18.0 Å². The minimum absolute atomic E-state index is 0.0365. The van der Waals surface area contributed by atoms with Gasteiger partial charge >= 0.3 is 0 Å². The van der Waals surface area contributed by atoms with Crippen LogP contribution in [0.25, 0.3) is 10.2 Å². The molecule has 1 aliphatic rings. The summed E-state index contributed by atoms with van der Waals surface area (Å²) in [4.78, 5) is 34.4. The summed E-state index contributed by atoms with van der Waals surface area (Å²) in [6.45, 7) is 0.716. The van der Waals surface area contributed by atoms with Crippen LogP contribution >= 0.6 is 11.3 Å². The number of pyridine rings is 1. The summed E-state index contributed by atoms with van der Waals surface area (Å²) >= 11 is 1.32. The van der Waals surface area contributed by atoms with Crippen molar-refractivity contribution in [3.8, 4) is 5.75 Å². The Bertz CT molecular complexity index is 1120. The van der Waals surface area contributed by atoms with Gasteiger partial charge in [0.05, 0.1) is 13.2 Å². The number of carbonyl (C=O) groups excluding carboxylic acids is 2. The van der Waals surface area contributed by atoms with Gasteiger partial charge in [-0.3, -0.25) is 9.59 Å². The number of benzene rings is 1. The molecule has 1 unspecified atom stereocenters. The third-order valence-electron chi connectivity index (χ3n) is 5.03. The van der Waals surface area contributed by atoms with E-state index >= 15 is 0 Å². The van der Waals surface area contributed by atoms with Crippen LogP contribution < -0.4 is 4.74 Å². The summed E-state index contributed by atoms with van der Waals surface area (Å²) < 4.78 is 25.1. The van der Waals surface area contributed by atoms with Crippen molar-refractivity contribution in [1.82, 2.24) is 14.8 Å². The van der Waals surface area contributed by atoms with Crippen LogP contribution in [0.2, 0.25) is 0 Å². The van der Waals surface area contributed by atoms with Crippen LogP contribution in [0.4, 0.5) is 4.39 Å². The van der Waals surface area contributed by atoms with Gasteiger partial charge in [0.2, 0.25) is 0 Å². The van der Waals surface area contributed by atoms with Crippen molar-refractivity contribution in [3.63, 3.8) is 0 Å². The Morgan fingerprint density at radius 2 is 2.10 bits per heavy atom. The largest absolute Gasteiger partial charge is 0.481 e. The average molecular weight is 444 g/mol. The molecule has 1 aromatic carbocycles. The Kier molecular flexibility index (Phi) is 6.15. The van der Waals surface area contributed by atoms with Crippen LogP contribution in [-0.2, 0) is 9.53 Å². The SMILES string of the molecule is CN(C)C(=O)c1sc2ncccc2c1C1CN(C(=O)COc2ccccc2F)CCO1. The molecule has 0 saturated carbocycles. The quantitative estimate of drug-likeness (QED) is 0.606. The maximum atomic E-state index is 13.8. The number of halogens is 1. The van der Waals surface area contributed by atoms with Crippen molar-refractivity contribution in [1.29, 1.82) is 0 Å². The first kappa shape index (κ1) is 21.2. The maximum absolute atomic E-state index is 13.8. The first-order valence-corrected chi connectivity index (χ1v) is 10.6. The van der Waals surface area contributed by atoms with E-state index in [1.165, 1.54) is 28.4 Å². The van der Waals surface area contributed by atoms with Crippen molar-refractivity contribution in [2.75, 3.05) is 40.4 Å². The first-order chi connectivity index (χ1) is 15.0. The van der Waals surface area contributed by atoms with Crippen molar-refractivity contribution in [3.05, 3.63) is 58.9 Å². The van der Waals surface area contributed by atoms with E-state index in [4.69, 9.17) is 9.47 Å². The average Bonchev–Trinajstić information content (AvgIpc) is 3.17. The van der Waals surface area contributed by atoms with Gasteiger partial charge in [-0.2, -0.15) is 0 Å². The number of carbonyl (C=O) groups is 2. The van der Waals surface area contributed by atoms with Crippen molar-refractivity contribution in [2.24, 2.45) is 0 Å². The Labute approximate surface area is 183 Å². The Hall–Kier alpha value is -3.04. The molecule has 0 spiro atoms. The van der Waals surface area contributed by atoms with Gasteiger partial charge in [-0.05, 0) is 18.2 Å². The molecule has 0 N–H and O–H groups in total. The van der Waals surface area contributed by atoms with Crippen LogP contribution in [0.15, 0.2) is 42.6 Å². The predicted molar refractivity (Wildman–Crippen MR) is 115 cm³/mol. The number of hydrogen-bond acceptors (Lipinski definition) is 6. The number of hydrogen-bond donors (Lipinski definition) is 0. The predicted octanol–water partition coefficient (Wildman–Crippen LogP) is 3.12. The standard InChI is InChI=1S/C22H22FN3O4S/c1-25(2)22(28)20-19(14-6-5-9-24-21(14)31-20)17-12-26(10-11-29-17)18(27)13-30-16-8-4-3-7-15(16)23/h3-9,17H,10-13H2,1-2H3. The van der Waals surface area contributed by atoms with Crippen LogP contribution in [0.5, 0.6) is 5.75 Å². The first-order valence-electron chi connectivity index (χ1n) is 9.81. The molecule has 2 amide bonds. The summed E-state index contributed by atoms with van der Waals surface area (Å²) in [7, 11) is 3.39. The van der Waals surface area contributed by atoms with Gasteiger partial charge in [-0.25, -0.2) is 9.37 Å². The highest BCUT2D eigenvalue weighted by atomic mass is 32.1. The highest BCUT2D eigenvalue weighted by Crippen LogP contribution is 2.37. The van der Waals surface area contributed by atoms with Crippen LogP contribution in [0.1, 0.15) is 21.3 Å². The van der Waals surface area contributed by atoms with E-state index in [9.17, 15) is 14.0 Å². The number of rotatable bonds is 5. The molecule has 9 heteroatoms. The molecule has 4 rings (SSSR count). The molecule has 2 aromatic heterocycles. The van der Waals surface area contributed by atoms with E-state index in [0.717, 1.165) is 15.8 Å². The zero-order chi connectivity index (χ0) is 22.0. The van der Waals surface area contributed by atoms with E-state index in [2.05, 4.69) is 4.98 Å². The fourth-order valence-corrected chi connectivity index (χ4v) is 4.69. The summed E-state index contributed by atoms with van der Waals surface area (Å²) in [6, 6.07) is 9.69. The molecule has 0 bridgehead atoms. The fourth-order valence-electron chi connectivity index (χ4n) is 3.48.